The number of hydrogen-bond acceptors (Lipinski definition) is 5. The Morgan fingerprint density at radius 3 is 2.32 bits per heavy atom. The molecule has 0 aromatic carbocycles. The lowest BCUT2D eigenvalue weighted by atomic mass is 10.1. The fourth-order valence-electron chi connectivity index (χ4n) is 1.61. The average Bonchev–Trinajstić information content (AvgIpc) is 2.36. The minimum Gasteiger partial charge on any atom is -0.377 e. The molecule has 0 aliphatic rings. The molecule has 0 spiro atoms. The summed E-state index contributed by atoms with van der Waals surface area (Å²) in [5, 5.41) is 6.63. The van der Waals surface area contributed by atoms with Crippen LogP contribution >= 0.6 is 0 Å². The van der Waals surface area contributed by atoms with Gasteiger partial charge in [0.1, 0.15) is 18.2 Å². The van der Waals surface area contributed by atoms with E-state index in [1.807, 2.05) is 6.07 Å². The van der Waals surface area contributed by atoms with Crippen molar-refractivity contribution in [3.8, 4) is 0 Å². The molecule has 0 aliphatic carbocycles. The molecule has 1 aromatic heterocycles. The SMILES string of the molecule is CCCNc1cc(NCCC(C)C)nc(COC)n1. The van der Waals surface area contributed by atoms with Crippen molar-refractivity contribution in [2.45, 2.75) is 40.2 Å². The number of methoxy groups -OCH3 is 1. The lowest BCUT2D eigenvalue weighted by molar-refractivity contribution is 0.178. The van der Waals surface area contributed by atoms with Crippen molar-refractivity contribution in [3.63, 3.8) is 0 Å². The van der Waals surface area contributed by atoms with E-state index >= 15 is 0 Å². The Kier molecular flexibility index (Phi) is 7.18. The Labute approximate surface area is 116 Å². The van der Waals surface area contributed by atoms with Gasteiger partial charge in [-0.15, -0.1) is 0 Å². The Morgan fingerprint density at radius 2 is 1.79 bits per heavy atom. The molecule has 1 aromatic rings. The second kappa shape index (κ2) is 8.69. The van der Waals surface area contributed by atoms with Gasteiger partial charge in [0, 0.05) is 26.3 Å². The Morgan fingerprint density at radius 1 is 1.16 bits per heavy atom. The molecule has 0 fully saturated rings. The van der Waals surface area contributed by atoms with Gasteiger partial charge in [-0.3, -0.25) is 0 Å². The van der Waals surface area contributed by atoms with Crippen LogP contribution in [-0.2, 0) is 11.3 Å². The number of anilines is 2. The van der Waals surface area contributed by atoms with E-state index in [1.54, 1.807) is 7.11 Å². The first-order valence-corrected chi connectivity index (χ1v) is 7.00. The molecule has 0 bridgehead atoms. The number of ether oxygens (including phenoxy) is 1. The number of aromatic nitrogens is 2. The first-order chi connectivity index (χ1) is 9.15. The summed E-state index contributed by atoms with van der Waals surface area (Å²) in [5.41, 5.74) is 0. The van der Waals surface area contributed by atoms with Crippen molar-refractivity contribution < 1.29 is 4.74 Å². The molecule has 0 unspecified atom stereocenters. The molecule has 0 radical (unpaired) electrons. The van der Waals surface area contributed by atoms with E-state index in [1.165, 1.54) is 0 Å². The number of rotatable bonds is 9. The zero-order valence-corrected chi connectivity index (χ0v) is 12.5. The smallest absolute Gasteiger partial charge is 0.158 e. The third-order valence-electron chi connectivity index (χ3n) is 2.63. The van der Waals surface area contributed by atoms with Gasteiger partial charge in [0.2, 0.25) is 0 Å². The van der Waals surface area contributed by atoms with Crippen LogP contribution in [0.25, 0.3) is 0 Å². The van der Waals surface area contributed by atoms with Crippen molar-refractivity contribution in [1.29, 1.82) is 0 Å². The van der Waals surface area contributed by atoms with E-state index < -0.39 is 0 Å². The molecular formula is C14H26N4O. The van der Waals surface area contributed by atoms with Crippen molar-refractivity contribution in [2.75, 3.05) is 30.8 Å². The molecule has 0 atom stereocenters. The van der Waals surface area contributed by atoms with E-state index in [2.05, 4.69) is 41.4 Å². The summed E-state index contributed by atoms with van der Waals surface area (Å²) in [6.45, 7) is 8.83. The van der Waals surface area contributed by atoms with Crippen molar-refractivity contribution in [1.82, 2.24) is 9.97 Å². The molecule has 1 heterocycles. The zero-order valence-electron chi connectivity index (χ0n) is 12.5. The van der Waals surface area contributed by atoms with Crippen molar-refractivity contribution in [3.05, 3.63) is 11.9 Å². The molecule has 1 rings (SSSR count). The lowest BCUT2D eigenvalue weighted by Gasteiger charge is -2.11. The Hall–Kier alpha value is -1.36. The fourth-order valence-corrected chi connectivity index (χ4v) is 1.61. The monoisotopic (exact) mass is 266 g/mol. The Bertz CT molecular complexity index is 368. The topological polar surface area (TPSA) is 59.1 Å². The molecule has 0 amide bonds. The van der Waals surface area contributed by atoms with Crippen LogP contribution in [0, 0.1) is 5.92 Å². The Balaban J connectivity index is 2.68. The molecular weight excluding hydrogens is 240 g/mol. The molecule has 2 N–H and O–H groups in total. The van der Waals surface area contributed by atoms with E-state index in [0.717, 1.165) is 37.6 Å². The second-order valence-electron chi connectivity index (χ2n) is 5.02. The largest absolute Gasteiger partial charge is 0.377 e. The highest BCUT2D eigenvalue weighted by Gasteiger charge is 2.04. The summed E-state index contributed by atoms with van der Waals surface area (Å²) in [6, 6.07) is 1.95. The second-order valence-corrected chi connectivity index (χ2v) is 5.02. The highest BCUT2D eigenvalue weighted by atomic mass is 16.5. The normalized spacial score (nSPS) is 10.8. The van der Waals surface area contributed by atoms with Gasteiger partial charge in [-0.2, -0.15) is 0 Å². The van der Waals surface area contributed by atoms with Gasteiger partial charge >= 0.3 is 0 Å². The van der Waals surface area contributed by atoms with Gasteiger partial charge in [0.25, 0.3) is 0 Å². The van der Waals surface area contributed by atoms with Gasteiger partial charge in [-0.25, -0.2) is 9.97 Å². The summed E-state index contributed by atoms with van der Waals surface area (Å²) in [4.78, 5) is 8.86. The molecule has 0 aliphatic heterocycles. The first kappa shape index (κ1) is 15.7. The molecule has 5 heteroatoms. The average molecular weight is 266 g/mol. The highest BCUT2D eigenvalue weighted by Crippen LogP contribution is 2.12. The van der Waals surface area contributed by atoms with Gasteiger partial charge < -0.3 is 15.4 Å². The van der Waals surface area contributed by atoms with Crippen molar-refractivity contribution in [2.24, 2.45) is 5.92 Å². The van der Waals surface area contributed by atoms with Gasteiger partial charge in [0.05, 0.1) is 0 Å². The minimum atomic E-state index is 0.431. The van der Waals surface area contributed by atoms with E-state index in [4.69, 9.17) is 4.74 Å². The van der Waals surface area contributed by atoms with Crippen LogP contribution in [0.1, 0.15) is 39.4 Å². The summed E-state index contributed by atoms with van der Waals surface area (Å²) in [7, 11) is 1.65. The minimum absolute atomic E-state index is 0.431. The summed E-state index contributed by atoms with van der Waals surface area (Å²) < 4.78 is 5.10. The standard InChI is InChI=1S/C14H26N4O/c1-5-7-15-12-9-13(16-8-6-11(2)3)18-14(17-12)10-19-4/h9,11H,5-8,10H2,1-4H3,(H2,15,16,17,18). The molecule has 0 saturated carbocycles. The van der Waals surface area contributed by atoms with Crippen LogP contribution in [0.3, 0.4) is 0 Å². The quantitative estimate of drug-likeness (QED) is 0.719. The van der Waals surface area contributed by atoms with Crippen LogP contribution in [0.2, 0.25) is 0 Å². The third-order valence-corrected chi connectivity index (χ3v) is 2.63. The lowest BCUT2D eigenvalue weighted by Crippen LogP contribution is -2.11. The van der Waals surface area contributed by atoms with Crippen LogP contribution < -0.4 is 10.6 Å². The predicted octanol–water partition coefficient (Wildman–Crippen LogP) is 2.90. The molecule has 5 nitrogen and oxygen atoms in total. The highest BCUT2D eigenvalue weighted by molar-refractivity contribution is 5.47. The number of hydrogen-bond donors (Lipinski definition) is 2. The first-order valence-electron chi connectivity index (χ1n) is 7.00. The third kappa shape index (κ3) is 6.38. The number of nitrogens with zero attached hydrogens (tertiary/aromatic N) is 2. The van der Waals surface area contributed by atoms with Crippen molar-refractivity contribution >= 4 is 11.6 Å². The maximum atomic E-state index is 5.10. The van der Waals surface area contributed by atoms with E-state index in [0.29, 0.717) is 18.3 Å². The zero-order chi connectivity index (χ0) is 14.1. The van der Waals surface area contributed by atoms with Gasteiger partial charge in [-0.1, -0.05) is 20.8 Å². The maximum Gasteiger partial charge on any atom is 0.158 e. The van der Waals surface area contributed by atoms with Gasteiger partial charge in [-0.05, 0) is 18.8 Å². The molecule has 19 heavy (non-hydrogen) atoms. The van der Waals surface area contributed by atoms with Crippen LogP contribution in [0.5, 0.6) is 0 Å². The van der Waals surface area contributed by atoms with Crippen LogP contribution in [0.15, 0.2) is 6.07 Å². The fraction of sp³-hybridized carbons (Fsp3) is 0.714. The molecule has 108 valence electrons. The summed E-state index contributed by atoms with van der Waals surface area (Å²) in [6.07, 6.45) is 2.20. The van der Waals surface area contributed by atoms with Crippen LogP contribution in [0.4, 0.5) is 11.6 Å². The van der Waals surface area contributed by atoms with E-state index in [-0.39, 0.29) is 0 Å². The summed E-state index contributed by atoms with van der Waals surface area (Å²) >= 11 is 0. The summed E-state index contributed by atoms with van der Waals surface area (Å²) in [5.74, 6) is 3.11. The van der Waals surface area contributed by atoms with Gasteiger partial charge in [0.15, 0.2) is 5.82 Å². The molecule has 0 saturated heterocycles. The predicted molar refractivity (Wildman–Crippen MR) is 79.5 cm³/mol. The van der Waals surface area contributed by atoms with Crippen LogP contribution in [-0.4, -0.2) is 30.2 Å². The van der Waals surface area contributed by atoms with E-state index in [9.17, 15) is 0 Å². The number of nitrogens with one attached hydrogen (secondary N) is 2. The maximum absolute atomic E-state index is 5.10.